The third-order valence-electron chi connectivity index (χ3n) is 3.01. The number of rotatable bonds is 6. The topological polar surface area (TPSA) is 41.5 Å². The highest BCUT2D eigenvalue weighted by Gasteiger charge is 2.05. The van der Waals surface area contributed by atoms with Gasteiger partial charge < -0.3 is 15.2 Å². The van der Waals surface area contributed by atoms with Crippen LogP contribution in [0, 0.1) is 5.82 Å². The molecule has 0 unspecified atom stereocenters. The molecule has 2 rings (SSSR count). The van der Waals surface area contributed by atoms with Crippen LogP contribution in [0.3, 0.4) is 0 Å². The third-order valence-corrected chi connectivity index (χ3v) is 3.62. The minimum atomic E-state index is -0.276. The van der Waals surface area contributed by atoms with Gasteiger partial charge in [0.1, 0.15) is 11.6 Å². The summed E-state index contributed by atoms with van der Waals surface area (Å²) in [7, 11) is 0. The zero-order valence-electron chi connectivity index (χ0n) is 11.7. The molecule has 0 saturated heterocycles. The standard InChI is InChI=1S/C16H17BrFNO2/c1-2-21-16-6-4-13(8-12(16)10-20)19-9-11-3-5-15(18)14(17)7-11/h3-8,19-20H,2,9-10H2,1H3. The predicted molar refractivity (Wildman–Crippen MR) is 85.0 cm³/mol. The largest absolute Gasteiger partial charge is 0.494 e. The van der Waals surface area contributed by atoms with Crippen molar-refractivity contribution in [1.29, 1.82) is 0 Å². The number of hydrogen-bond donors (Lipinski definition) is 2. The monoisotopic (exact) mass is 353 g/mol. The van der Waals surface area contributed by atoms with Gasteiger partial charge in [-0.25, -0.2) is 4.39 Å². The smallest absolute Gasteiger partial charge is 0.137 e. The number of benzene rings is 2. The summed E-state index contributed by atoms with van der Waals surface area (Å²) in [5, 5.41) is 12.6. The molecule has 2 N–H and O–H groups in total. The van der Waals surface area contributed by atoms with Crippen molar-refractivity contribution in [3.8, 4) is 5.75 Å². The average molecular weight is 354 g/mol. The summed E-state index contributed by atoms with van der Waals surface area (Å²) in [4.78, 5) is 0. The molecular weight excluding hydrogens is 337 g/mol. The molecule has 0 aliphatic rings. The molecule has 0 amide bonds. The van der Waals surface area contributed by atoms with Crippen molar-refractivity contribution in [2.24, 2.45) is 0 Å². The summed E-state index contributed by atoms with van der Waals surface area (Å²) in [6.45, 7) is 2.95. The lowest BCUT2D eigenvalue weighted by molar-refractivity contribution is 0.267. The van der Waals surface area contributed by atoms with Crippen LogP contribution in [0.15, 0.2) is 40.9 Å². The van der Waals surface area contributed by atoms with Crippen molar-refractivity contribution in [2.45, 2.75) is 20.1 Å². The summed E-state index contributed by atoms with van der Waals surface area (Å²) < 4.78 is 19.1. The lowest BCUT2D eigenvalue weighted by Crippen LogP contribution is -2.02. The van der Waals surface area contributed by atoms with Crippen molar-refractivity contribution in [2.75, 3.05) is 11.9 Å². The number of aliphatic hydroxyl groups excluding tert-OH is 1. The molecule has 0 bridgehead atoms. The van der Waals surface area contributed by atoms with Gasteiger partial charge in [-0.15, -0.1) is 0 Å². The molecule has 0 spiro atoms. The fourth-order valence-corrected chi connectivity index (χ4v) is 2.39. The van der Waals surface area contributed by atoms with Crippen LogP contribution in [0.2, 0.25) is 0 Å². The molecule has 0 radical (unpaired) electrons. The van der Waals surface area contributed by atoms with E-state index in [-0.39, 0.29) is 12.4 Å². The molecule has 0 aromatic heterocycles. The fourth-order valence-electron chi connectivity index (χ4n) is 1.96. The minimum absolute atomic E-state index is 0.0764. The number of hydrogen-bond acceptors (Lipinski definition) is 3. The second-order valence-electron chi connectivity index (χ2n) is 4.52. The van der Waals surface area contributed by atoms with E-state index in [4.69, 9.17) is 4.74 Å². The van der Waals surface area contributed by atoms with Crippen LogP contribution in [0.1, 0.15) is 18.1 Å². The van der Waals surface area contributed by atoms with Gasteiger partial charge in [-0.3, -0.25) is 0 Å². The highest BCUT2D eigenvalue weighted by molar-refractivity contribution is 9.10. The number of ether oxygens (including phenoxy) is 1. The number of aliphatic hydroxyl groups is 1. The van der Waals surface area contributed by atoms with Crippen molar-refractivity contribution >= 4 is 21.6 Å². The summed E-state index contributed by atoms with van der Waals surface area (Å²) in [5.74, 6) is 0.414. The lowest BCUT2D eigenvalue weighted by atomic mass is 10.1. The van der Waals surface area contributed by atoms with Gasteiger partial charge in [-0.1, -0.05) is 6.07 Å². The van der Waals surface area contributed by atoms with Crippen molar-refractivity contribution in [3.05, 3.63) is 57.8 Å². The maximum Gasteiger partial charge on any atom is 0.137 e. The Balaban J connectivity index is 2.07. The first kappa shape index (κ1) is 15.8. The van der Waals surface area contributed by atoms with Gasteiger partial charge in [-0.2, -0.15) is 0 Å². The second kappa shape index (κ2) is 7.43. The molecule has 2 aromatic carbocycles. The maximum atomic E-state index is 13.2. The average Bonchev–Trinajstić information content (AvgIpc) is 2.49. The molecule has 0 atom stereocenters. The van der Waals surface area contributed by atoms with Crippen LogP contribution >= 0.6 is 15.9 Å². The number of nitrogens with one attached hydrogen (secondary N) is 1. The van der Waals surface area contributed by atoms with Crippen LogP contribution in [0.4, 0.5) is 10.1 Å². The Hall–Kier alpha value is -1.59. The van der Waals surface area contributed by atoms with E-state index in [0.29, 0.717) is 23.4 Å². The Labute approximate surface area is 131 Å². The SMILES string of the molecule is CCOc1ccc(NCc2ccc(F)c(Br)c2)cc1CO. The van der Waals surface area contributed by atoms with Crippen LogP contribution in [0.25, 0.3) is 0 Å². The summed E-state index contributed by atoms with van der Waals surface area (Å²) in [5.41, 5.74) is 2.58. The molecule has 0 fully saturated rings. The number of halogens is 2. The predicted octanol–water partition coefficient (Wildman–Crippen LogP) is 4.09. The molecule has 21 heavy (non-hydrogen) atoms. The molecule has 0 saturated carbocycles. The van der Waals surface area contributed by atoms with E-state index >= 15 is 0 Å². The molecule has 112 valence electrons. The summed E-state index contributed by atoms with van der Waals surface area (Å²) in [6, 6.07) is 10.5. The van der Waals surface area contributed by atoms with E-state index in [1.807, 2.05) is 25.1 Å². The lowest BCUT2D eigenvalue weighted by Gasteiger charge is -2.12. The van der Waals surface area contributed by atoms with E-state index in [1.54, 1.807) is 12.1 Å². The number of anilines is 1. The van der Waals surface area contributed by atoms with Gasteiger partial charge in [0.05, 0.1) is 17.7 Å². The van der Waals surface area contributed by atoms with Crippen molar-refractivity contribution in [3.63, 3.8) is 0 Å². The van der Waals surface area contributed by atoms with Gasteiger partial charge in [0.25, 0.3) is 0 Å². The van der Waals surface area contributed by atoms with Crippen molar-refractivity contribution in [1.82, 2.24) is 0 Å². The van der Waals surface area contributed by atoms with E-state index in [9.17, 15) is 9.50 Å². The normalized spacial score (nSPS) is 10.5. The zero-order valence-corrected chi connectivity index (χ0v) is 13.3. The Kier molecular flexibility index (Phi) is 5.59. The second-order valence-corrected chi connectivity index (χ2v) is 5.37. The first-order chi connectivity index (χ1) is 10.1. The third kappa shape index (κ3) is 4.19. The zero-order chi connectivity index (χ0) is 15.2. The highest BCUT2D eigenvalue weighted by Crippen LogP contribution is 2.24. The molecule has 2 aromatic rings. The molecular formula is C16H17BrFNO2. The quantitative estimate of drug-likeness (QED) is 0.821. The van der Waals surface area contributed by atoms with Gasteiger partial charge >= 0.3 is 0 Å². The molecule has 0 heterocycles. The Bertz CT molecular complexity index is 619. The van der Waals surface area contributed by atoms with Gasteiger partial charge in [0.15, 0.2) is 0 Å². The fraction of sp³-hybridized carbons (Fsp3) is 0.250. The van der Waals surface area contributed by atoms with E-state index in [2.05, 4.69) is 21.2 Å². The van der Waals surface area contributed by atoms with Crippen LogP contribution in [0.5, 0.6) is 5.75 Å². The first-order valence-corrected chi connectivity index (χ1v) is 7.47. The summed E-state index contributed by atoms with van der Waals surface area (Å²) >= 11 is 3.17. The Morgan fingerprint density at radius 1 is 1.24 bits per heavy atom. The van der Waals surface area contributed by atoms with Gasteiger partial charge in [0.2, 0.25) is 0 Å². The summed E-state index contributed by atoms with van der Waals surface area (Å²) in [6.07, 6.45) is 0. The van der Waals surface area contributed by atoms with Gasteiger partial charge in [0, 0.05) is 17.8 Å². The highest BCUT2D eigenvalue weighted by atomic mass is 79.9. The first-order valence-electron chi connectivity index (χ1n) is 6.68. The minimum Gasteiger partial charge on any atom is -0.494 e. The van der Waals surface area contributed by atoms with E-state index in [1.165, 1.54) is 6.07 Å². The van der Waals surface area contributed by atoms with Crippen LogP contribution < -0.4 is 10.1 Å². The van der Waals surface area contributed by atoms with Crippen LogP contribution in [-0.2, 0) is 13.2 Å². The maximum absolute atomic E-state index is 13.2. The molecule has 5 heteroatoms. The molecule has 0 aliphatic carbocycles. The van der Waals surface area contributed by atoms with Crippen molar-refractivity contribution < 1.29 is 14.2 Å². The van der Waals surface area contributed by atoms with Gasteiger partial charge in [-0.05, 0) is 58.7 Å². The van der Waals surface area contributed by atoms with Crippen LogP contribution in [-0.4, -0.2) is 11.7 Å². The Morgan fingerprint density at radius 3 is 2.71 bits per heavy atom. The van der Waals surface area contributed by atoms with E-state index in [0.717, 1.165) is 16.8 Å². The Morgan fingerprint density at radius 2 is 2.05 bits per heavy atom. The molecule has 0 aliphatic heterocycles. The molecule has 3 nitrogen and oxygen atoms in total. The van der Waals surface area contributed by atoms with E-state index < -0.39 is 0 Å².